The van der Waals surface area contributed by atoms with Crippen molar-refractivity contribution in [1.29, 1.82) is 0 Å². The quantitative estimate of drug-likeness (QED) is 0.350. The highest BCUT2D eigenvalue weighted by Gasteiger charge is 2.17. The minimum Gasteiger partial charge on any atom is -0.476 e. The highest BCUT2D eigenvalue weighted by atomic mass is 32.2. The van der Waals surface area contributed by atoms with Crippen molar-refractivity contribution in [2.45, 2.75) is 18.4 Å². The van der Waals surface area contributed by atoms with Gasteiger partial charge in [-0.05, 0) is 25.3 Å². The molecular formula is C21H23N3O5S. The lowest BCUT2D eigenvalue weighted by atomic mass is 10.0. The van der Waals surface area contributed by atoms with Crippen LogP contribution < -0.4 is 0 Å². The van der Waals surface area contributed by atoms with E-state index in [2.05, 4.69) is 20.3 Å². The summed E-state index contributed by atoms with van der Waals surface area (Å²) in [6, 6.07) is 14.7. The van der Waals surface area contributed by atoms with Gasteiger partial charge in [0.15, 0.2) is 5.71 Å². The molecule has 0 fully saturated rings. The van der Waals surface area contributed by atoms with Gasteiger partial charge in [-0.15, -0.1) is 11.8 Å². The van der Waals surface area contributed by atoms with Gasteiger partial charge in [-0.2, -0.15) is 0 Å². The third-order valence-corrected chi connectivity index (χ3v) is 4.71. The van der Waals surface area contributed by atoms with Crippen LogP contribution in [0.25, 0.3) is 0 Å². The number of aliphatic carboxylic acids is 1. The predicted molar refractivity (Wildman–Crippen MR) is 117 cm³/mol. The Bertz CT molecular complexity index is 955. The maximum Gasteiger partial charge on any atom is 0.358 e. The van der Waals surface area contributed by atoms with Crippen molar-refractivity contribution in [2.75, 3.05) is 20.5 Å². The van der Waals surface area contributed by atoms with Crippen LogP contribution in [-0.4, -0.2) is 48.7 Å². The molecule has 0 heterocycles. The van der Waals surface area contributed by atoms with Crippen LogP contribution in [0.4, 0.5) is 0 Å². The van der Waals surface area contributed by atoms with Crippen molar-refractivity contribution >= 4 is 34.9 Å². The van der Waals surface area contributed by atoms with Crippen LogP contribution in [0, 0.1) is 0 Å². The maximum atomic E-state index is 11.5. The molecule has 0 aromatic heterocycles. The van der Waals surface area contributed by atoms with E-state index in [1.54, 1.807) is 43.0 Å². The number of carbonyl (C=O) groups is 1. The van der Waals surface area contributed by atoms with Gasteiger partial charge >= 0.3 is 5.97 Å². The Labute approximate surface area is 179 Å². The first-order valence-corrected chi connectivity index (χ1v) is 10.1. The molecule has 2 rings (SSSR count). The second-order valence-electron chi connectivity index (χ2n) is 5.89. The van der Waals surface area contributed by atoms with Crippen LogP contribution >= 0.6 is 11.8 Å². The van der Waals surface area contributed by atoms with Gasteiger partial charge < -0.3 is 19.6 Å². The number of nitrogens with zero attached hydrogens (tertiary/aromatic N) is 3. The second-order valence-corrected chi connectivity index (χ2v) is 6.77. The average molecular weight is 429 g/mol. The van der Waals surface area contributed by atoms with Gasteiger partial charge in [-0.25, -0.2) is 4.79 Å². The lowest BCUT2D eigenvalue weighted by molar-refractivity contribution is -0.129. The van der Waals surface area contributed by atoms with E-state index in [1.165, 1.54) is 14.2 Å². The summed E-state index contributed by atoms with van der Waals surface area (Å²) in [6.45, 7) is 1.79. The molecule has 2 aromatic carbocycles. The molecule has 8 nitrogen and oxygen atoms in total. The number of benzene rings is 2. The molecule has 30 heavy (non-hydrogen) atoms. The lowest BCUT2D eigenvalue weighted by Crippen LogP contribution is -2.17. The molecule has 0 amide bonds. The topological polar surface area (TPSA) is 102 Å². The SMILES string of the molecule is CO/N=C(\C(=O)O)c1ccccc1CO/N=C(C)/C(=N/OC)c1ccc(SC)cc1. The Hall–Kier alpha value is -3.33. The van der Waals surface area contributed by atoms with E-state index in [0.717, 1.165) is 10.5 Å². The molecule has 0 radical (unpaired) electrons. The van der Waals surface area contributed by atoms with Gasteiger partial charge in [0.2, 0.25) is 0 Å². The van der Waals surface area contributed by atoms with Crippen LogP contribution in [0.15, 0.2) is 68.9 Å². The summed E-state index contributed by atoms with van der Waals surface area (Å²) in [6.07, 6.45) is 2.00. The molecule has 9 heteroatoms. The van der Waals surface area contributed by atoms with Gasteiger partial charge in [-0.1, -0.05) is 51.9 Å². The van der Waals surface area contributed by atoms with E-state index in [0.29, 0.717) is 22.6 Å². The number of rotatable bonds is 10. The fourth-order valence-corrected chi connectivity index (χ4v) is 2.99. The zero-order chi connectivity index (χ0) is 21.9. The zero-order valence-electron chi connectivity index (χ0n) is 17.2. The van der Waals surface area contributed by atoms with E-state index < -0.39 is 5.97 Å². The van der Waals surface area contributed by atoms with Crippen molar-refractivity contribution in [2.24, 2.45) is 15.5 Å². The van der Waals surface area contributed by atoms with E-state index in [1.807, 2.05) is 30.5 Å². The van der Waals surface area contributed by atoms with E-state index in [4.69, 9.17) is 9.68 Å². The number of oxime groups is 3. The monoisotopic (exact) mass is 429 g/mol. The normalized spacial score (nSPS) is 12.5. The second kappa shape index (κ2) is 11.6. The molecule has 0 aliphatic carbocycles. The van der Waals surface area contributed by atoms with E-state index in [9.17, 15) is 9.90 Å². The summed E-state index contributed by atoms with van der Waals surface area (Å²) < 4.78 is 0. The Balaban J connectivity index is 2.22. The molecule has 0 bridgehead atoms. The van der Waals surface area contributed by atoms with Crippen LogP contribution in [0.2, 0.25) is 0 Å². The molecule has 158 valence electrons. The van der Waals surface area contributed by atoms with Crippen LogP contribution in [0.1, 0.15) is 23.6 Å². The zero-order valence-corrected chi connectivity index (χ0v) is 18.0. The highest BCUT2D eigenvalue weighted by Crippen LogP contribution is 2.16. The summed E-state index contributed by atoms with van der Waals surface area (Å²) in [4.78, 5) is 27.7. The molecule has 0 saturated carbocycles. The van der Waals surface area contributed by atoms with Crippen molar-refractivity contribution in [3.05, 3.63) is 65.2 Å². The first-order chi connectivity index (χ1) is 14.5. The largest absolute Gasteiger partial charge is 0.476 e. The van der Waals surface area contributed by atoms with Crippen LogP contribution in [0.3, 0.4) is 0 Å². The molecule has 0 saturated heterocycles. The molecular weight excluding hydrogens is 406 g/mol. The molecule has 0 spiro atoms. The van der Waals surface area contributed by atoms with Gasteiger partial charge in [0.25, 0.3) is 0 Å². The minimum absolute atomic E-state index is 0.0369. The van der Waals surface area contributed by atoms with Gasteiger partial charge in [0.1, 0.15) is 32.2 Å². The summed E-state index contributed by atoms with van der Waals surface area (Å²) >= 11 is 1.65. The van der Waals surface area contributed by atoms with Crippen LogP contribution in [0.5, 0.6) is 0 Å². The van der Waals surface area contributed by atoms with E-state index in [-0.39, 0.29) is 12.3 Å². The number of carboxylic acids is 1. The third kappa shape index (κ3) is 6.08. The molecule has 0 aliphatic heterocycles. The highest BCUT2D eigenvalue weighted by molar-refractivity contribution is 7.98. The summed E-state index contributed by atoms with van der Waals surface area (Å²) in [5, 5.41) is 21.2. The number of hydrogen-bond acceptors (Lipinski definition) is 8. The third-order valence-electron chi connectivity index (χ3n) is 3.97. The number of carboxylic acid groups (broad SMARTS) is 1. The Morgan fingerprint density at radius 3 is 2.20 bits per heavy atom. The molecule has 0 unspecified atom stereocenters. The average Bonchev–Trinajstić information content (AvgIpc) is 2.76. The Kier molecular flexibility index (Phi) is 8.89. The smallest absolute Gasteiger partial charge is 0.358 e. The molecule has 0 atom stereocenters. The summed E-state index contributed by atoms with van der Waals surface area (Å²) in [5.74, 6) is -1.20. The fraction of sp³-hybridized carbons (Fsp3) is 0.238. The first kappa shape index (κ1) is 23.0. The van der Waals surface area contributed by atoms with Gasteiger partial charge in [0, 0.05) is 21.6 Å². The van der Waals surface area contributed by atoms with Crippen molar-refractivity contribution in [1.82, 2.24) is 0 Å². The number of thioether (sulfide) groups is 1. The predicted octanol–water partition coefficient (Wildman–Crippen LogP) is 3.79. The minimum atomic E-state index is -1.20. The van der Waals surface area contributed by atoms with Gasteiger partial charge in [-0.3, -0.25) is 0 Å². The van der Waals surface area contributed by atoms with Crippen molar-refractivity contribution < 1.29 is 24.4 Å². The van der Waals surface area contributed by atoms with E-state index >= 15 is 0 Å². The van der Waals surface area contributed by atoms with Gasteiger partial charge in [0.05, 0.1) is 0 Å². The standard InChI is InChI=1S/C21H23N3O5S/c1-14(19(23-27-2)15-9-11-17(30-4)12-10-15)22-29-13-16-7-5-6-8-18(16)20(21(25)26)24-28-3/h5-12H,13H2,1-4H3,(H,25,26)/b22-14+,23-19-,24-20-. The summed E-state index contributed by atoms with van der Waals surface area (Å²) in [7, 11) is 2.75. The molecule has 1 N–H and O–H groups in total. The van der Waals surface area contributed by atoms with Crippen LogP contribution in [-0.2, 0) is 25.9 Å². The number of hydrogen-bond donors (Lipinski definition) is 1. The molecule has 0 aliphatic rings. The fourth-order valence-electron chi connectivity index (χ4n) is 2.58. The molecule has 2 aromatic rings. The Morgan fingerprint density at radius 2 is 1.60 bits per heavy atom. The first-order valence-electron chi connectivity index (χ1n) is 8.87. The van der Waals surface area contributed by atoms with Crippen molar-refractivity contribution in [3.8, 4) is 0 Å². The summed E-state index contributed by atoms with van der Waals surface area (Å²) in [5.41, 5.74) is 2.65. The Morgan fingerprint density at radius 1 is 0.967 bits per heavy atom. The lowest BCUT2D eigenvalue weighted by Gasteiger charge is -2.09. The maximum absolute atomic E-state index is 11.5. The van der Waals surface area contributed by atoms with Crippen molar-refractivity contribution in [3.63, 3.8) is 0 Å².